The molecule has 0 aliphatic heterocycles. The Bertz CT molecular complexity index is 544. The summed E-state index contributed by atoms with van der Waals surface area (Å²) in [6.45, 7) is 0. The van der Waals surface area contributed by atoms with Crippen molar-refractivity contribution in [3.63, 3.8) is 0 Å². The van der Waals surface area contributed by atoms with Crippen molar-refractivity contribution in [2.24, 2.45) is 0 Å². The van der Waals surface area contributed by atoms with Gasteiger partial charge in [-0.05, 0) is 24.0 Å². The number of esters is 1. The molecule has 2 rings (SSSR count). The van der Waals surface area contributed by atoms with Crippen LogP contribution in [0.1, 0.15) is 55.8 Å². The Morgan fingerprint density at radius 1 is 0.792 bits per heavy atom. The predicted molar refractivity (Wildman–Crippen MR) is 102 cm³/mol. The Kier molecular flexibility index (Phi) is 8.61. The molecule has 0 radical (unpaired) electrons. The first-order chi connectivity index (χ1) is 11.8. The molecule has 0 bridgehead atoms. The maximum atomic E-state index is 12.3. The first-order valence-electron chi connectivity index (χ1n) is 8.66. The molecule has 0 aliphatic carbocycles. The average molecular weight is 389 g/mol. The second-order valence-electron chi connectivity index (χ2n) is 5.90. The van der Waals surface area contributed by atoms with Crippen LogP contribution in [0.25, 0.3) is 0 Å². The zero-order valence-electron chi connectivity index (χ0n) is 14.0. The van der Waals surface area contributed by atoms with Crippen molar-refractivity contribution in [3.05, 3.63) is 71.8 Å². The van der Waals surface area contributed by atoms with Crippen molar-refractivity contribution in [3.8, 4) is 0 Å². The summed E-state index contributed by atoms with van der Waals surface area (Å²) in [5, 5.41) is 1.06. The number of halogens is 1. The van der Waals surface area contributed by atoms with Gasteiger partial charge in [0.05, 0.1) is 0 Å². The number of benzene rings is 2. The van der Waals surface area contributed by atoms with Gasteiger partial charge >= 0.3 is 5.97 Å². The highest BCUT2D eigenvalue weighted by Gasteiger charge is 2.18. The summed E-state index contributed by atoms with van der Waals surface area (Å²) in [5.41, 5.74) is 2.02. The minimum absolute atomic E-state index is 0.117. The molecule has 24 heavy (non-hydrogen) atoms. The molecule has 128 valence electrons. The van der Waals surface area contributed by atoms with E-state index in [-0.39, 0.29) is 12.1 Å². The summed E-state index contributed by atoms with van der Waals surface area (Å²) < 4.78 is 5.80. The van der Waals surface area contributed by atoms with Gasteiger partial charge in [-0.25, -0.2) is 0 Å². The van der Waals surface area contributed by atoms with Gasteiger partial charge in [0.1, 0.15) is 0 Å². The molecule has 0 unspecified atom stereocenters. The van der Waals surface area contributed by atoms with E-state index < -0.39 is 0 Å². The molecule has 0 spiro atoms. The molecule has 0 atom stereocenters. The van der Waals surface area contributed by atoms with Crippen LogP contribution in [0.4, 0.5) is 0 Å². The van der Waals surface area contributed by atoms with Gasteiger partial charge in [-0.3, -0.25) is 4.79 Å². The van der Waals surface area contributed by atoms with Gasteiger partial charge in [0.25, 0.3) is 0 Å². The normalized spacial score (nSPS) is 10.8. The van der Waals surface area contributed by atoms with Crippen LogP contribution in [0.2, 0.25) is 0 Å². The van der Waals surface area contributed by atoms with Crippen LogP contribution in [0.5, 0.6) is 0 Å². The van der Waals surface area contributed by atoms with Crippen molar-refractivity contribution < 1.29 is 9.53 Å². The Labute approximate surface area is 153 Å². The fourth-order valence-corrected chi connectivity index (χ4v) is 3.07. The highest BCUT2D eigenvalue weighted by Crippen LogP contribution is 2.26. The number of rotatable bonds is 10. The van der Waals surface area contributed by atoms with Crippen LogP contribution in [-0.2, 0) is 9.53 Å². The maximum Gasteiger partial charge on any atom is 0.306 e. The predicted octanol–water partition coefficient (Wildman–Crippen LogP) is 6.05. The second kappa shape index (κ2) is 11.0. The van der Waals surface area contributed by atoms with Crippen LogP contribution in [0.3, 0.4) is 0 Å². The van der Waals surface area contributed by atoms with E-state index in [2.05, 4.69) is 15.9 Å². The zero-order valence-corrected chi connectivity index (χ0v) is 15.6. The molecule has 0 saturated heterocycles. The molecule has 0 heterocycles. The second-order valence-corrected chi connectivity index (χ2v) is 6.69. The summed E-state index contributed by atoms with van der Waals surface area (Å²) in [7, 11) is 0. The summed E-state index contributed by atoms with van der Waals surface area (Å²) in [5.74, 6) is -0.117. The highest BCUT2D eigenvalue weighted by atomic mass is 79.9. The summed E-state index contributed by atoms with van der Waals surface area (Å²) in [6, 6.07) is 19.9. The largest absolute Gasteiger partial charge is 0.453 e. The van der Waals surface area contributed by atoms with E-state index in [0.29, 0.717) is 6.42 Å². The number of hydrogen-bond donors (Lipinski definition) is 0. The first kappa shape index (κ1) is 18.7. The Morgan fingerprint density at radius 3 is 1.83 bits per heavy atom. The summed E-state index contributed by atoms with van der Waals surface area (Å²) >= 11 is 3.44. The van der Waals surface area contributed by atoms with Gasteiger partial charge in [0.2, 0.25) is 0 Å². The van der Waals surface area contributed by atoms with Crippen molar-refractivity contribution >= 4 is 21.9 Å². The van der Waals surface area contributed by atoms with Gasteiger partial charge in [-0.15, -0.1) is 0 Å². The lowest BCUT2D eigenvalue weighted by Gasteiger charge is -2.19. The Hall–Kier alpha value is -1.61. The molecule has 0 fully saturated rings. The third-order valence-corrected chi connectivity index (χ3v) is 4.53. The molecular formula is C21H25BrO2. The molecule has 0 amide bonds. The van der Waals surface area contributed by atoms with Crippen LogP contribution >= 0.6 is 15.9 Å². The quantitative estimate of drug-likeness (QED) is 0.281. The zero-order chi connectivity index (χ0) is 17.0. The van der Waals surface area contributed by atoms with Crippen molar-refractivity contribution in [1.82, 2.24) is 0 Å². The smallest absolute Gasteiger partial charge is 0.306 e. The lowest BCUT2D eigenvalue weighted by Crippen LogP contribution is -2.12. The minimum Gasteiger partial charge on any atom is -0.453 e. The van der Waals surface area contributed by atoms with E-state index >= 15 is 0 Å². The van der Waals surface area contributed by atoms with Crippen molar-refractivity contribution in [2.75, 3.05) is 5.33 Å². The van der Waals surface area contributed by atoms with E-state index in [1.807, 2.05) is 60.7 Å². The van der Waals surface area contributed by atoms with E-state index in [9.17, 15) is 4.79 Å². The van der Waals surface area contributed by atoms with Crippen LogP contribution in [0.15, 0.2) is 60.7 Å². The van der Waals surface area contributed by atoms with Gasteiger partial charge in [0.15, 0.2) is 6.10 Å². The molecule has 2 nitrogen and oxygen atoms in total. The molecule has 0 saturated carbocycles. The summed E-state index contributed by atoms with van der Waals surface area (Å²) in [6.07, 6.45) is 5.75. The molecule has 3 heteroatoms. The lowest BCUT2D eigenvalue weighted by atomic mass is 10.0. The molecule has 2 aromatic rings. The third kappa shape index (κ3) is 6.48. The summed E-state index contributed by atoms with van der Waals surface area (Å²) in [4.78, 5) is 12.3. The van der Waals surface area contributed by atoms with Gasteiger partial charge in [-0.2, -0.15) is 0 Å². The van der Waals surface area contributed by atoms with Gasteiger partial charge < -0.3 is 4.74 Å². The first-order valence-corrected chi connectivity index (χ1v) is 9.78. The fraction of sp³-hybridized carbons (Fsp3) is 0.381. The number of unbranched alkanes of at least 4 members (excludes halogenated alkanes) is 4. The average Bonchev–Trinajstić information content (AvgIpc) is 2.64. The molecule has 0 N–H and O–H groups in total. The van der Waals surface area contributed by atoms with E-state index in [1.54, 1.807) is 0 Å². The van der Waals surface area contributed by atoms with Crippen molar-refractivity contribution in [1.29, 1.82) is 0 Å². The van der Waals surface area contributed by atoms with Gasteiger partial charge in [0, 0.05) is 11.8 Å². The lowest BCUT2D eigenvalue weighted by molar-refractivity contribution is -0.147. The van der Waals surface area contributed by atoms with Gasteiger partial charge in [-0.1, -0.05) is 95.9 Å². The number of ether oxygens (including phenoxy) is 1. The number of alkyl halides is 1. The third-order valence-electron chi connectivity index (χ3n) is 3.97. The highest BCUT2D eigenvalue weighted by molar-refractivity contribution is 9.09. The number of hydrogen-bond acceptors (Lipinski definition) is 2. The van der Waals surface area contributed by atoms with E-state index in [4.69, 9.17) is 4.74 Å². The fourth-order valence-electron chi connectivity index (χ4n) is 2.67. The Balaban J connectivity index is 1.90. The SMILES string of the molecule is O=C(CCCCCCCBr)OC(c1ccccc1)c1ccccc1. The topological polar surface area (TPSA) is 26.3 Å². The van der Waals surface area contributed by atoms with Crippen LogP contribution < -0.4 is 0 Å². The standard InChI is InChI=1S/C21H25BrO2/c22-17-11-3-1-2-10-16-20(23)24-21(18-12-6-4-7-13-18)19-14-8-5-9-15-19/h4-9,12-15,21H,1-3,10-11,16-17H2. The Morgan fingerprint density at radius 2 is 1.29 bits per heavy atom. The van der Waals surface area contributed by atoms with E-state index in [0.717, 1.165) is 29.3 Å². The minimum atomic E-state index is -0.326. The van der Waals surface area contributed by atoms with E-state index in [1.165, 1.54) is 19.3 Å². The maximum absolute atomic E-state index is 12.3. The molecular weight excluding hydrogens is 364 g/mol. The number of carbonyl (C=O) groups excluding carboxylic acids is 1. The monoisotopic (exact) mass is 388 g/mol. The van der Waals surface area contributed by atoms with Crippen LogP contribution in [-0.4, -0.2) is 11.3 Å². The molecule has 0 aliphatic rings. The molecule has 2 aromatic carbocycles. The number of carbonyl (C=O) groups is 1. The van der Waals surface area contributed by atoms with Crippen molar-refractivity contribution in [2.45, 2.75) is 44.6 Å². The molecule has 0 aromatic heterocycles. The van der Waals surface area contributed by atoms with Crippen LogP contribution in [0, 0.1) is 0 Å².